The average molecular weight is 463 g/mol. The highest BCUT2D eigenvalue weighted by Gasteiger charge is 2.26. The van der Waals surface area contributed by atoms with E-state index in [9.17, 15) is 23.2 Å². The summed E-state index contributed by atoms with van der Waals surface area (Å²) in [5, 5.41) is 8.97. The molecule has 1 heterocycles. The number of carboxylic acid groups (broad SMARTS) is 1. The molecule has 0 saturated carbocycles. The van der Waals surface area contributed by atoms with Crippen molar-refractivity contribution >= 4 is 46.1 Å². The van der Waals surface area contributed by atoms with Crippen molar-refractivity contribution in [2.75, 3.05) is 0 Å². The van der Waals surface area contributed by atoms with Crippen LogP contribution < -0.4 is 5.69 Å². The molecule has 0 aliphatic rings. The van der Waals surface area contributed by atoms with Gasteiger partial charge >= 0.3 is 11.7 Å². The third-order valence-corrected chi connectivity index (χ3v) is 5.26. The summed E-state index contributed by atoms with van der Waals surface area (Å²) in [5.74, 6) is -4.30. The Kier molecular flexibility index (Phi) is 5.12. The number of halogens is 4. The lowest BCUT2D eigenvalue weighted by Gasteiger charge is -2.07. The third kappa shape index (κ3) is 3.30. The number of benzene rings is 3. The van der Waals surface area contributed by atoms with Crippen LogP contribution in [0.15, 0.2) is 59.4 Å². The van der Waals surface area contributed by atoms with E-state index in [1.807, 2.05) is 0 Å². The maximum atomic E-state index is 14.7. The number of aromatic carboxylic acids is 1. The van der Waals surface area contributed by atoms with Gasteiger partial charge < -0.3 is 5.11 Å². The highest BCUT2D eigenvalue weighted by Crippen LogP contribution is 2.28. The van der Waals surface area contributed by atoms with Gasteiger partial charge in [0.2, 0.25) is 0 Å². The molecule has 0 aliphatic carbocycles. The number of hydrogen-bond acceptors (Lipinski definition) is 3. The topological polar surface area (TPSA) is 81.3 Å². The van der Waals surface area contributed by atoms with Gasteiger partial charge in [0.1, 0.15) is 17.2 Å². The predicted molar refractivity (Wildman–Crippen MR) is 111 cm³/mol. The number of hydrogen-bond donors (Lipinski definition) is 1. The van der Waals surface area contributed by atoms with E-state index >= 15 is 0 Å². The number of imidazole rings is 1. The molecule has 4 aromatic rings. The summed E-state index contributed by atoms with van der Waals surface area (Å²) in [4.78, 5) is 37.5. The standard InChI is InChI=1S/C21H10Cl2F2N2O4/c22-11-3-1-4-12(23)17(11)19(28)27-16-6-2-5-13(24)18(16)26(21(27)31)15-8-7-10(20(29)30)9-14(15)25/h1-9H,(H,29,30). The van der Waals surface area contributed by atoms with Crippen LogP contribution in [0.5, 0.6) is 0 Å². The number of aromatic nitrogens is 2. The van der Waals surface area contributed by atoms with Crippen molar-refractivity contribution in [2.45, 2.75) is 0 Å². The molecule has 0 saturated heterocycles. The third-order valence-electron chi connectivity index (χ3n) is 4.63. The molecule has 31 heavy (non-hydrogen) atoms. The lowest BCUT2D eigenvalue weighted by Crippen LogP contribution is -2.29. The summed E-state index contributed by atoms with van der Waals surface area (Å²) in [7, 11) is 0. The van der Waals surface area contributed by atoms with Crippen LogP contribution >= 0.6 is 23.2 Å². The lowest BCUT2D eigenvalue weighted by atomic mass is 10.2. The van der Waals surface area contributed by atoms with Crippen molar-refractivity contribution < 1.29 is 23.5 Å². The van der Waals surface area contributed by atoms with Crippen molar-refractivity contribution in [3.8, 4) is 5.69 Å². The molecular weight excluding hydrogens is 453 g/mol. The summed E-state index contributed by atoms with van der Waals surface area (Å²) in [6.45, 7) is 0. The van der Waals surface area contributed by atoms with Gasteiger partial charge in [0.15, 0.2) is 0 Å². The van der Waals surface area contributed by atoms with E-state index in [4.69, 9.17) is 28.3 Å². The zero-order valence-corrected chi connectivity index (χ0v) is 16.8. The SMILES string of the molecule is O=C(O)c1ccc(-n2c(=O)n(C(=O)c3c(Cl)cccc3Cl)c3cccc(F)c32)c(F)c1. The summed E-state index contributed by atoms with van der Waals surface area (Å²) >= 11 is 12.2. The summed E-state index contributed by atoms with van der Waals surface area (Å²) in [5.41, 5.74) is -2.57. The van der Waals surface area contributed by atoms with Gasteiger partial charge in [-0.1, -0.05) is 35.3 Å². The maximum Gasteiger partial charge on any atom is 0.341 e. The normalized spacial score (nSPS) is 11.1. The number of para-hydroxylation sites is 1. The number of carbonyl (C=O) groups is 2. The van der Waals surface area contributed by atoms with Crippen molar-refractivity contribution in [1.29, 1.82) is 0 Å². The van der Waals surface area contributed by atoms with Gasteiger partial charge in [0, 0.05) is 0 Å². The molecule has 6 nitrogen and oxygen atoms in total. The molecule has 0 unspecified atom stereocenters. The molecule has 3 aromatic carbocycles. The lowest BCUT2D eigenvalue weighted by molar-refractivity contribution is 0.0696. The maximum absolute atomic E-state index is 14.7. The Morgan fingerprint density at radius 2 is 1.55 bits per heavy atom. The fourth-order valence-corrected chi connectivity index (χ4v) is 3.82. The second-order valence-electron chi connectivity index (χ2n) is 6.43. The number of nitrogens with zero attached hydrogens (tertiary/aromatic N) is 2. The summed E-state index contributed by atoms with van der Waals surface area (Å²) in [6, 6.07) is 10.7. The molecule has 0 spiro atoms. The van der Waals surface area contributed by atoms with Gasteiger partial charge in [-0.25, -0.2) is 22.9 Å². The van der Waals surface area contributed by atoms with Gasteiger partial charge in [0.25, 0.3) is 5.91 Å². The Morgan fingerprint density at radius 1 is 0.903 bits per heavy atom. The average Bonchev–Trinajstić information content (AvgIpc) is 3.00. The Hall–Kier alpha value is -3.49. The molecule has 1 aromatic heterocycles. The molecular formula is C21H10Cl2F2N2O4. The summed E-state index contributed by atoms with van der Waals surface area (Å²) < 4.78 is 30.7. The molecule has 0 radical (unpaired) electrons. The first-order valence-corrected chi connectivity index (χ1v) is 9.42. The van der Waals surface area contributed by atoms with E-state index in [0.29, 0.717) is 15.2 Å². The zero-order valence-electron chi connectivity index (χ0n) is 15.3. The fraction of sp³-hybridized carbons (Fsp3) is 0. The minimum atomic E-state index is -1.38. The number of rotatable bonds is 3. The molecule has 0 atom stereocenters. The number of carbonyl (C=O) groups excluding carboxylic acids is 1. The van der Waals surface area contributed by atoms with E-state index in [0.717, 1.165) is 18.2 Å². The van der Waals surface area contributed by atoms with Gasteiger partial charge in [-0.2, -0.15) is 0 Å². The molecule has 4 rings (SSSR count). The van der Waals surface area contributed by atoms with Crippen LogP contribution in [0.3, 0.4) is 0 Å². The van der Waals surface area contributed by atoms with Crippen LogP contribution in [0.4, 0.5) is 8.78 Å². The molecule has 156 valence electrons. The monoisotopic (exact) mass is 462 g/mol. The largest absolute Gasteiger partial charge is 0.478 e. The number of fused-ring (bicyclic) bond motifs is 1. The fourth-order valence-electron chi connectivity index (χ4n) is 3.26. The van der Waals surface area contributed by atoms with Gasteiger partial charge in [-0.15, -0.1) is 0 Å². The van der Waals surface area contributed by atoms with Crippen LogP contribution in [0.1, 0.15) is 20.7 Å². The van der Waals surface area contributed by atoms with Crippen molar-refractivity contribution in [2.24, 2.45) is 0 Å². The predicted octanol–water partition coefficient (Wildman–Crippen LogP) is 4.76. The van der Waals surface area contributed by atoms with Crippen molar-refractivity contribution in [1.82, 2.24) is 9.13 Å². The smallest absolute Gasteiger partial charge is 0.341 e. The highest BCUT2D eigenvalue weighted by molar-refractivity contribution is 6.39. The van der Waals surface area contributed by atoms with Crippen molar-refractivity contribution in [3.63, 3.8) is 0 Å². The molecule has 0 fully saturated rings. The Labute approximate surface area is 182 Å². The van der Waals surface area contributed by atoms with E-state index in [1.54, 1.807) is 0 Å². The van der Waals surface area contributed by atoms with Crippen LogP contribution in [0.2, 0.25) is 10.0 Å². The van der Waals surface area contributed by atoms with Crippen LogP contribution in [-0.2, 0) is 0 Å². The summed E-state index contributed by atoms with van der Waals surface area (Å²) in [6.07, 6.45) is 0. The minimum absolute atomic E-state index is 0.0290. The minimum Gasteiger partial charge on any atom is -0.478 e. The Bertz CT molecular complexity index is 1440. The van der Waals surface area contributed by atoms with E-state index in [2.05, 4.69) is 0 Å². The first-order valence-electron chi connectivity index (χ1n) is 8.66. The van der Waals surface area contributed by atoms with E-state index in [1.165, 1.54) is 30.3 Å². The van der Waals surface area contributed by atoms with E-state index < -0.39 is 34.9 Å². The quantitative estimate of drug-likeness (QED) is 0.475. The van der Waals surface area contributed by atoms with Crippen molar-refractivity contribution in [3.05, 3.63) is 97.9 Å². The zero-order chi connectivity index (χ0) is 22.4. The number of carboxylic acids is 1. The van der Waals surface area contributed by atoms with Gasteiger partial charge in [-0.3, -0.25) is 9.36 Å². The second kappa shape index (κ2) is 7.64. The molecule has 0 aliphatic heterocycles. The van der Waals surface area contributed by atoms with Crippen LogP contribution in [-0.4, -0.2) is 26.1 Å². The first kappa shape index (κ1) is 20.8. The molecule has 10 heteroatoms. The second-order valence-corrected chi connectivity index (χ2v) is 7.25. The highest BCUT2D eigenvalue weighted by atomic mass is 35.5. The van der Waals surface area contributed by atoms with Crippen LogP contribution in [0.25, 0.3) is 16.7 Å². The molecule has 0 amide bonds. The Morgan fingerprint density at radius 3 is 2.16 bits per heavy atom. The molecule has 0 bridgehead atoms. The van der Waals surface area contributed by atoms with Gasteiger partial charge in [-0.05, 0) is 42.5 Å². The van der Waals surface area contributed by atoms with Crippen LogP contribution in [0, 0.1) is 11.6 Å². The van der Waals surface area contributed by atoms with E-state index in [-0.39, 0.29) is 32.2 Å². The first-order chi connectivity index (χ1) is 14.7. The Balaban J connectivity index is 2.07. The van der Waals surface area contributed by atoms with Gasteiger partial charge in [0.05, 0.1) is 32.4 Å². The molecule has 1 N–H and O–H groups in total.